The summed E-state index contributed by atoms with van der Waals surface area (Å²) in [5, 5.41) is 3.62. The van der Waals surface area contributed by atoms with Crippen molar-refractivity contribution in [2.75, 3.05) is 5.32 Å². The predicted molar refractivity (Wildman–Crippen MR) is 83.5 cm³/mol. The highest BCUT2D eigenvalue weighted by atomic mass is 79.9. The average Bonchev–Trinajstić information content (AvgIpc) is 2.34. The van der Waals surface area contributed by atoms with Crippen LogP contribution in [0.25, 0.3) is 0 Å². The molecule has 1 unspecified atom stereocenters. The molecule has 1 aromatic carbocycles. The summed E-state index contributed by atoms with van der Waals surface area (Å²) >= 11 is 9.46. The molecular formula is C15H19BrClNO. The Morgan fingerprint density at radius 3 is 2.84 bits per heavy atom. The van der Waals surface area contributed by atoms with Crippen LogP contribution in [0.15, 0.2) is 22.7 Å². The molecule has 19 heavy (non-hydrogen) atoms. The monoisotopic (exact) mass is 343 g/mol. The van der Waals surface area contributed by atoms with Crippen LogP contribution in [0.5, 0.6) is 0 Å². The van der Waals surface area contributed by atoms with Gasteiger partial charge in [0.05, 0.1) is 15.2 Å². The van der Waals surface area contributed by atoms with Gasteiger partial charge in [0.2, 0.25) is 5.91 Å². The zero-order valence-electron chi connectivity index (χ0n) is 11.3. The van der Waals surface area contributed by atoms with Gasteiger partial charge in [0.25, 0.3) is 0 Å². The second-order valence-corrected chi connectivity index (χ2v) is 7.08. The number of benzene rings is 1. The van der Waals surface area contributed by atoms with E-state index in [-0.39, 0.29) is 17.2 Å². The maximum absolute atomic E-state index is 12.5. The van der Waals surface area contributed by atoms with Gasteiger partial charge in [0.15, 0.2) is 0 Å². The second kappa shape index (κ2) is 5.84. The van der Waals surface area contributed by atoms with Crippen molar-refractivity contribution in [2.24, 2.45) is 11.3 Å². The topological polar surface area (TPSA) is 29.1 Å². The molecule has 1 aliphatic carbocycles. The summed E-state index contributed by atoms with van der Waals surface area (Å²) in [5.74, 6) is 0.180. The molecule has 104 valence electrons. The number of amides is 1. The lowest BCUT2D eigenvalue weighted by molar-refractivity contribution is -0.124. The minimum atomic E-state index is 0.0760. The zero-order chi connectivity index (χ0) is 14.0. The predicted octanol–water partition coefficient (Wildman–Crippen LogP) is 5.26. The highest BCUT2D eigenvalue weighted by Gasteiger charge is 2.37. The van der Waals surface area contributed by atoms with Crippen LogP contribution in [0.3, 0.4) is 0 Å². The molecule has 0 bridgehead atoms. The van der Waals surface area contributed by atoms with Crippen molar-refractivity contribution in [1.29, 1.82) is 0 Å². The third-order valence-corrected chi connectivity index (χ3v) is 5.43. The van der Waals surface area contributed by atoms with Gasteiger partial charge in [-0.25, -0.2) is 0 Å². The summed E-state index contributed by atoms with van der Waals surface area (Å²) in [6, 6.07) is 5.50. The Morgan fingerprint density at radius 2 is 2.16 bits per heavy atom. The number of anilines is 1. The van der Waals surface area contributed by atoms with E-state index in [4.69, 9.17) is 11.6 Å². The normalized spacial score (nSPS) is 22.0. The van der Waals surface area contributed by atoms with E-state index < -0.39 is 0 Å². The highest BCUT2D eigenvalue weighted by molar-refractivity contribution is 9.10. The quantitative estimate of drug-likeness (QED) is 0.779. The van der Waals surface area contributed by atoms with Crippen LogP contribution in [0.1, 0.15) is 39.5 Å². The number of halogens is 2. The third kappa shape index (κ3) is 3.32. The number of carbonyl (C=O) groups excluding carboxylic acids is 1. The van der Waals surface area contributed by atoms with E-state index in [1.165, 1.54) is 6.42 Å². The molecule has 2 nitrogen and oxygen atoms in total. The number of rotatable bonds is 2. The van der Waals surface area contributed by atoms with Gasteiger partial charge in [-0.05, 0) is 46.3 Å². The Balaban J connectivity index is 2.14. The van der Waals surface area contributed by atoms with Crippen molar-refractivity contribution in [3.8, 4) is 0 Å². The molecule has 0 heterocycles. The van der Waals surface area contributed by atoms with Gasteiger partial charge in [0, 0.05) is 5.92 Å². The van der Waals surface area contributed by atoms with E-state index in [1.54, 1.807) is 6.07 Å². The maximum Gasteiger partial charge on any atom is 0.228 e. The zero-order valence-corrected chi connectivity index (χ0v) is 13.6. The smallest absolute Gasteiger partial charge is 0.228 e. The van der Waals surface area contributed by atoms with Gasteiger partial charge >= 0.3 is 0 Å². The molecule has 0 spiro atoms. The first-order chi connectivity index (χ1) is 8.92. The van der Waals surface area contributed by atoms with Gasteiger partial charge < -0.3 is 5.32 Å². The number of carbonyl (C=O) groups is 1. The highest BCUT2D eigenvalue weighted by Crippen LogP contribution is 2.41. The van der Waals surface area contributed by atoms with E-state index in [2.05, 4.69) is 35.1 Å². The maximum atomic E-state index is 12.5. The summed E-state index contributed by atoms with van der Waals surface area (Å²) in [7, 11) is 0. The number of nitrogens with one attached hydrogen (secondary N) is 1. The first-order valence-electron chi connectivity index (χ1n) is 6.67. The van der Waals surface area contributed by atoms with Crippen LogP contribution < -0.4 is 5.32 Å². The molecule has 0 radical (unpaired) electrons. The first-order valence-corrected chi connectivity index (χ1v) is 7.84. The lowest BCUT2D eigenvalue weighted by atomic mass is 9.68. The van der Waals surface area contributed by atoms with Gasteiger partial charge in [-0.3, -0.25) is 4.79 Å². The van der Waals surface area contributed by atoms with Crippen molar-refractivity contribution in [2.45, 2.75) is 39.5 Å². The van der Waals surface area contributed by atoms with Gasteiger partial charge in [-0.15, -0.1) is 0 Å². The SMILES string of the molecule is CC1(C)CCCCC1C(=O)Nc1cccc(Cl)c1Br. The molecule has 1 amide bonds. The second-order valence-electron chi connectivity index (χ2n) is 5.88. The van der Waals surface area contributed by atoms with E-state index >= 15 is 0 Å². The minimum absolute atomic E-state index is 0.0760. The summed E-state index contributed by atoms with van der Waals surface area (Å²) < 4.78 is 0.749. The molecule has 0 aliphatic heterocycles. The van der Waals surface area contributed by atoms with Crippen molar-refractivity contribution in [3.63, 3.8) is 0 Å². The van der Waals surface area contributed by atoms with Crippen molar-refractivity contribution in [3.05, 3.63) is 27.7 Å². The van der Waals surface area contributed by atoms with Crippen LogP contribution in [-0.4, -0.2) is 5.91 Å². The lowest BCUT2D eigenvalue weighted by Crippen LogP contribution is -2.37. The molecule has 1 aromatic rings. The summed E-state index contributed by atoms with van der Waals surface area (Å²) in [6.45, 7) is 4.37. The summed E-state index contributed by atoms with van der Waals surface area (Å²) in [5.41, 5.74) is 0.826. The Labute approximate surface area is 128 Å². The molecule has 1 atom stereocenters. The molecule has 1 saturated carbocycles. The molecule has 1 N–H and O–H groups in total. The van der Waals surface area contributed by atoms with Crippen LogP contribution in [0, 0.1) is 11.3 Å². The number of hydrogen-bond donors (Lipinski definition) is 1. The van der Waals surface area contributed by atoms with Crippen LogP contribution in [0.4, 0.5) is 5.69 Å². The van der Waals surface area contributed by atoms with E-state index in [1.807, 2.05) is 12.1 Å². The Kier molecular flexibility index (Phi) is 4.57. The average molecular weight is 345 g/mol. The third-order valence-electron chi connectivity index (χ3n) is 4.03. The molecule has 1 fully saturated rings. The minimum Gasteiger partial charge on any atom is -0.325 e. The largest absolute Gasteiger partial charge is 0.325 e. The molecule has 1 aliphatic rings. The molecule has 0 aromatic heterocycles. The molecule has 2 rings (SSSR count). The fourth-order valence-electron chi connectivity index (χ4n) is 2.80. The fourth-order valence-corrected chi connectivity index (χ4v) is 3.34. The Bertz CT molecular complexity index is 487. The first kappa shape index (κ1) is 14.9. The summed E-state index contributed by atoms with van der Waals surface area (Å²) in [4.78, 5) is 12.5. The van der Waals surface area contributed by atoms with Gasteiger partial charge in [-0.1, -0.05) is 44.4 Å². The van der Waals surface area contributed by atoms with E-state index in [0.717, 1.165) is 29.4 Å². The van der Waals surface area contributed by atoms with Crippen LogP contribution in [-0.2, 0) is 4.79 Å². The molecule has 0 saturated heterocycles. The van der Waals surface area contributed by atoms with Crippen LogP contribution >= 0.6 is 27.5 Å². The van der Waals surface area contributed by atoms with E-state index in [0.29, 0.717) is 5.02 Å². The van der Waals surface area contributed by atoms with Crippen LogP contribution in [0.2, 0.25) is 5.02 Å². The van der Waals surface area contributed by atoms with Gasteiger partial charge in [-0.2, -0.15) is 0 Å². The van der Waals surface area contributed by atoms with Crippen molar-refractivity contribution in [1.82, 2.24) is 0 Å². The Hall–Kier alpha value is -0.540. The molecule has 4 heteroatoms. The fraction of sp³-hybridized carbons (Fsp3) is 0.533. The lowest BCUT2D eigenvalue weighted by Gasteiger charge is -2.37. The number of hydrogen-bond acceptors (Lipinski definition) is 1. The summed E-state index contributed by atoms with van der Waals surface area (Å²) in [6.07, 6.45) is 4.44. The van der Waals surface area contributed by atoms with Crippen molar-refractivity contribution >= 4 is 39.1 Å². The Morgan fingerprint density at radius 1 is 1.42 bits per heavy atom. The standard InChI is InChI=1S/C15H19BrClNO/c1-15(2)9-4-3-6-10(15)14(19)18-12-8-5-7-11(17)13(12)16/h5,7-8,10H,3-4,6,9H2,1-2H3,(H,18,19). The van der Waals surface area contributed by atoms with Crippen molar-refractivity contribution < 1.29 is 4.79 Å². The van der Waals surface area contributed by atoms with Gasteiger partial charge in [0.1, 0.15) is 0 Å². The van der Waals surface area contributed by atoms with E-state index in [9.17, 15) is 4.79 Å². The molecular weight excluding hydrogens is 326 g/mol.